The molecule has 2 aromatic heterocycles. The summed E-state index contributed by atoms with van der Waals surface area (Å²) in [4.78, 5) is 39.8. The maximum Gasteiger partial charge on any atom is 0.324 e. The lowest BCUT2D eigenvalue weighted by atomic mass is 9.90. The lowest BCUT2D eigenvalue weighted by Crippen LogP contribution is -2.39. The molecule has 1 aliphatic rings. The van der Waals surface area contributed by atoms with Crippen molar-refractivity contribution in [1.82, 2.24) is 24.6 Å². The molecule has 3 aromatic carbocycles. The van der Waals surface area contributed by atoms with Crippen molar-refractivity contribution in [3.8, 4) is 5.69 Å². The highest BCUT2D eigenvalue weighted by Crippen LogP contribution is 2.28. The van der Waals surface area contributed by atoms with Gasteiger partial charge in [-0.1, -0.05) is 56.7 Å². The zero-order chi connectivity index (χ0) is 36.3. The van der Waals surface area contributed by atoms with Crippen LogP contribution < -0.4 is 15.5 Å². The first-order valence-corrected chi connectivity index (χ1v) is 17.6. The molecule has 10 heteroatoms. The number of aryl methyl sites for hydroxylation is 3. The third kappa shape index (κ3) is 8.63. The van der Waals surface area contributed by atoms with Crippen LogP contribution in [0.2, 0.25) is 0 Å². The normalized spacial score (nSPS) is 13.6. The first-order chi connectivity index (χ1) is 24.3. The van der Waals surface area contributed by atoms with Gasteiger partial charge in [-0.25, -0.2) is 19.4 Å². The Bertz CT molecular complexity index is 2000. The number of benzene rings is 3. The molecule has 2 N–H and O–H groups in total. The van der Waals surface area contributed by atoms with Crippen molar-refractivity contribution in [2.45, 2.75) is 66.2 Å². The highest BCUT2D eigenvalue weighted by atomic mass is 16.2. The largest absolute Gasteiger partial charge is 0.339 e. The van der Waals surface area contributed by atoms with Crippen LogP contribution in [-0.4, -0.2) is 56.7 Å². The van der Waals surface area contributed by atoms with Gasteiger partial charge in [0.15, 0.2) is 0 Å². The number of carbonyl (C=O) groups is 2. The molecule has 0 aliphatic carbocycles. The minimum absolute atomic E-state index is 0.0422. The third-order valence-electron chi connectivity index (χ3n) is 9.36. The van der Waals surface area contributed by atoms with Crippen molar-refractivity contribution in [3.05, 3.63) is 119 Å². The van der Waals surface area contributed by atoms with Crippen molar-refractivity contribution < 1.29 is 9.59 Å². The molecule has 5 aromatic rings. The van der Waals surface area contributed by atoms with E-state index in [0.717, 1.165) is 64.5 Å². The molecule has 1 fully saturated rings. The van der Waals surface area contributed by atoms with Gasteiger partial charge < -0.3 is 15.1 Å². The van der Waals surface area contributed by atoms with Crippen LogP contribution in [0.15, 0.2) is 84.9 Å². The molecule has 6 rings (SSSR count). The van der Waals surface area contributed by atoms with Gasteiger partial charge >= 0.3 is 6.03 Å². The Morgan fingerprint density at radius 3 is 2.22 bits per heavy atom. The van der Waals surface area contributed by atoms with Gasteiger partial charge in [-0.05, 0) is 100 Å². The number of aromatic nitrogens is 4. The van der Waals surface area contributed by atoms with Crippen LogP contribution in [0.25, 0.3) is 5.69 Å². The second-order valence-electron chi connectivity index (χ2n) is 14.7. The predicted molar refractivity (Wildman–Crippen MR) is 204 cm³/mol. The highest BCUT2D eigenvalue weighted by molar-refractivity contribution is 5.99. The van der Waals surface area contributed by atoms with Gasteiger partial charge in [0.1, 0.15) is 5.82 Å². The van der Waals surface area contributed by atoms with Crippen molar-refractivity contribution in [2.24, 2.45) is 5.92 Å². The molecule has 0 unspecified atom stereocenters. The molecular formula is C41H48N8O2. The zero-order valence-corrected chi connectivity index (χ0v) is 30.7. The minimum atomic E-state index is -0.329. The van der Waals surface area contributed by atoms with Crippen LogP contribution in [0.4, 0.5) is 27.9 Å². The number of hydrogen-bond acceptors (Lipinski definition) is 6. The second-order valence-corrected chi connectivity index (χ2v) is 14.7. The first-order valence-electron chi connectivity index (χ1n) is 17.6. The van der Waals surface area contributed by atoms with E-state index in [1.54, 1.807) is 4.68 Å². The van der Waals surface area contributed by atoms with E-state index < -0.39 is 0 Å². The quantitative estimate of drug-likeness (QED) is 0.170. The Morgan fingerprint density at radius 2 is 1.53 bits per heavy atom. The molecule has 3 heterocycles. The van der Waals surface area contributed by atoms with Crippen LogP contribution in [0, 0.1) is 26.7 Å². The van der Waals surface area contributed by atoms with Crippen LogP contribution in [0.1, 0.15) is 72.2 Å². The summed E-state index contributed by atoms with van der Waals surface area (Å²) in [5.41, 5.74) is 7.96. The Hall–Kier alpha value is -5.51. The van der Waals surface area contributed by atoms with Gasteiger partial charge in [0.25, 0.3) is 5.91 Å². The molecule has 264 valence electrons. The third-order valence-corrected chi connectivity index (χ3v) is 9.36. The van der Waals surface area contributed by atoms with E-state index in [0.29, 0.717) is 36.3 Å². The van der Waals surface area contributed by atoms with E-state index >= 15 is 0 Å². The van der Waals surface area contributed by atoms with E-state index in [4.69, 9.17) is 5.10 Å². The van der Waals surface area contributed by atoms with Gasteiger partial charge in [-0.15, -0.1) is 0 Å². The molecule has 0 bridgehead atoms. The highest BCUT2D eigenvalue weighted by Gasteiger charge is 2.25. The smallest absolute Gasteiger partial charge is 0.324 e. The number of likely N-dealkylation sites (tertiary alicyclic amines) is 1. The van der Waals surface area contributed by atoms with Gasteiger partial charge in [-0.3, -0.25) is 10.1 Å². The number of rotatable bonds is 8. The van der Waals surface area contributed by atoms with E-state index in [1.165, 1.54) is 0 Å². The Labute approximate surface area is 300 Å². The maximum absolute atomic E-state index is 13.6. The topological polar surface area (TPSA) is 108 Å². The van der Waals surface area contributed by atoms with Crippen molar-refractivity contribution in [3.63, 3.8) is 0 Å². The summed E-state index contributed by atoms with van der Waals surface area (Å²) < 4.78 is 1.78. The van der Waals surface area contributed by atoms with E-state index in [2.05, 4.69) is 47.4 Å². The number of nitrogens with zero attached hydrogens (tertiary/aromatic N) is 6. The SMILES string of the molecule is Cc1ccc(-n2nc(C(C)(C)C)cc2NC(=O)Nc2cccc(CC3CCN(C(=O)c4cccc(N(C)c5nc(C)cc(C)n5)c4)CC3)c2)cc1. The molecule has 10 nitrogen and oxygen atoms in total. The standard InChI is InChI=1S/C41H48N8O2/c1-27-14-16-34(17-15-27)49-37(26-36(46-49)41(4,5)6)45-40(51)44-33-12-8-10-31(24-33)23-30-18-20-48(21-19-30)38(50)32-11-9-13-35(25-32)47(7)39-42-28(2)22-29(3)43-39/h8-17,22,24-26,30H,18-21,23H2,1-7H3,(H2,44,45,51). The van der Waals surface area contributed by atoms with Crippen molar-refractivity contribution >= 4 is 35.1 Å². The fourth-order valence-corrected chi connectivity index (χ4v) is 6.45. The van der Waals surface area contributed by atoms with Gasteiger partial charge in [0.05, 0.1) is 11.4 Å². The first kappa shape index (κ1) is 35.3. The molecule has 1 aliphatic heterocycles. The predicted octanol–water partition coefficient (Wildman–Crippen LogP) is 8.39. The second kappa shape index (κ2) is 14.8. The van der Waals surface area contributed by atoms with Gasteiger partial charge in [0, 0.05) is 59.9 Å². The monoisotopic (exact) mass is 684 g/mol. The van der Waals surface area contributed by atoms with Crippen LogP contribution in [0.5, 0.6) is 0 Å². The van der Waals surface area contributed by atoms with Crippen molar-refractivity contribution in [1.29, 1.82) is 0 Å². The van der Waals surface area contributed by atoms with Gasteiger partial charge in [-0.2, -0.15) is 5.10 Å². The van der Waals surface area contributed by atoms with Crippen LogP contribution >= 0.6 is 0 Å². The summed E-state index contributed by atoms with van der Waals surface area (Å²) in [6.45, 7) is 13.7. The number of amides is 3. The zero-order valence-electron chi connectivity index (χ0n) is 30.7. The molecule has 51 heavy (non-hydrogen) atoms. The number of urea groups is 1. The summed E-state index contributed by atoms with van der Waals surface area (Å²) in [7, 11) is 1.92. The maximum atomic E-state index is 13.6. The molecular weight excluding hydrogens is 637 g/mol. The van der Waals surface area contributed by atoms with Gasteiger partial charge in [0.2, 0.25) is 5.95 Å². The van der Waals surface area contributed by atoms with E-state index in [9.17, 15) is 9.59 Å². The lowest BCUT2D eigenvalue weighted by Gasteiger charge is -2.32. The van der Waals surface area contributed by atoms with E-state index in [-0.39, 0.29) is 17.4 Å². The van der Waals surface area contributed by atoms with E-state index in [1.807, 2.05) is 116 Å². The number of carbonyl (C=O) groups excluding carboxylic acids is 2. The Kier molecular flexibility index (Phi) is 10.2. The fraction of sp³-hybridized carbons (Fsp3) is 0.341. The summed E-state index contributed by atoms with van der Waals surface area (Å²) in [5, 5.41) is 10.9. The average Bonchev–Trinajstić information content (AvgIpc) is 3.52. The minimum Gasteiger partial charge on any atom is -0.339 e. The lowest BCUT2D eigenvalue weighted by molar-refractivity contribution is 0.0690. The molecule has 0 radical (unpaired) electrons. The molecule has 3 amide bonds. The average molecular weight is 685 g/mol. The fourth-order valence-electron chi connectivity index (χ4n) is 6.45. The number of piperidine rings is 1. The Morgan fingerprint density at radius 1 is 0.843 bits per heavy atom. The summed E-state index contributed by atoms with van der Waals surface area (Å²) in [5.74, 6) is 1.70. The van der Waals surface area contributed by atoms with Crippen LogP contribution in [0.3, 0.4) is 0 Å². The summed E-state index contributed by atoms with van der Waals surface area (Å²) in [6, 6.07) is 27.3. The van der Waals surface area contributed by atoms with Crippen molar-refractivity contribution in [2.75, 3.05) is 35.7 Å². The summed E-state index contributed by atoms with van der Waals surface area (Å²) in [6.07, 6.45) is 2.71. The van der Waals surface area contributed by atoms with Crippen LogP contribution in [-0.2, 0) is 11.8 Å². The summed E-state index contributed by atoms with van der Waals surface area (Å²) >= 11 is 0. The number of anilines is 4. The molecule has 0 atom stereocenters. The molecule has 1 saturated heterocycles. The molecule has 0 saturated carbocycles. The molecule has 0 spiro atoms. The number of nitrogens with one attached hydrogen (secondary N) is 2. The number of hydrogen-bond donors (Lipinski definition) is 2. The Balaban J connectivity index is 1.05.